The molecule has 0 saturated heterocycles. The van der Waals surface area contributed by atoms with E-state index in [4.69, 9.17) is 0 Å². The predicted octanol–water partition coefficient (Wildman–Crippen LogP) is 5.38. The first-order chi connectivity index (χ1) is 14.7. The summed E-state index contributed by atoms with van der Waals surface area (Å²) in [5.41, 5.74) is 1.19. The number of nitrogens with one attached hydrogen (secondary N) is 2. The topological polar surface area (TPSA) is 59.0 Å². The van der Waals surface area contributed by atoms with Crippen LogP contribution in [0.2, 0.25) is 0 Å². The van der Waals surface area contributed by atoms with Crippen LogP contribution in [-0.2, 0) is 6.54 Å². The molecule has 0 spiro atoms. The van der Waals surface area contributed by atoms with Crippen molar-refractivity contribution in [2.45, 2.75) is 31.2 Å². The minimum absolute atomic E-state index is 0.0799. The minimum Gasteiger partial charge on any atom is -0.362 e. The summed E-state index contributed by atoms with van der Waals surface area (Å²) in [6.07, 6.45) is -4.80. The van der Waals surface area contributed by atoms with Gasteiger partial charge in [0.25, 0.3) is 5.91 Å². The second-order valence-electron chi connectivity index (χ2n) is 7.17. The van der Waals surface area contributed by atoms with Crippen LogP contribution in [0, 0.1) is 5.82 Å². The Hall–Kier alpha value is -2.88. The second kappa shape index (κ2) is 8.33. The van der Waals surface area contributed by atoms with E-state index >= 15 is 0 Å². The molecule has 0 saturated carbocycles. The monoisotopic (exact) mass is 496 g/mol. The SMILES string of the molecule is O=C(NCc1ccc(F)cc1)c1nn2c(c1Br)N[C@H](c1ccccc1)C[C@H]2C(F)(F)F. The average molecular weight is 497 g/mol. The molecule has 0 aliphatic carbocycles. The largest absolute Gasteiger partial charge is 0.410 e. The number of alkyl halides is 3. The lowest BCUT2D eigenvalue weighted by atomic mass is 9.97. The molecule has 2 N–H and O–H groups in total. The summed E-state index contributed by atoms with van der Waals surface area (Å²) in [5.74, 6) is -0.955. The summed E-state index contributed by atoms with van der Waals surface area (Å²) in [6.45, 7) is 0.0799. The van der Waals surface area contributed by atoms with Gasteiger partial charge in [-0.25, -0.2) is 9.07 Å². The van der Waals surface area contributed by atoms with E-state index in [9.17, 15) is 22.4 Å². The van der Waals surface area contributed by atoms with Crippen molar-refractivity contribution in [2.75, 3.05) is 5.32 Å². The fraction of sp³-hybridized carbons (Fsp3) is 0.238. The molecule has 1 aliphatic rings. The van der Waals surface area contributed by atoms with Crippen LogP contribution < -0.4 is 10.6 Å². The first-order valence-corrected chi connectivity index (χ1v) is 10.2. The predicted molar refractivity (Wildman–Crippen MR) is 110 cm³/mol. The van der Waals surface area contributed by atoms with E-state index in [1.807, 2.05) is 0 Å². The Kier molecular flexibility index (Phi) is 5.74. The number of benzene rings is 2. The van der Waals surface area contributed by atoms with Crippen molar-refractivity contribution < 1.29 is 22.4 Å². The second-order valence-corrected chi connectivity index (χ2v) is 7.96. The third-order valence-electron chi connectivity index (χ3n) is 5.08. The molecule has 2 heterocycles. The third-order valence-corrected chi connectivity index (χ3v) is 5.83. The van der Waals surface area contributed by atoms with Crippen LogP contribution in [0.3, 0.4) is 0 Å². The molecular weight excluding hydrogens is 480 g/mol. The number of rotatable bonds is 4. The lowest BCUT2D eigenvalue weighted by Gasteiger charge is -2.33. The Morgan fingerprint density at radius 3 is 2.48 bits per heavy atom. The third kappa shape index (κ3) is 4.43. The Bertz CT molecular complexity index is 1080. The molecule has 1 aromatic heterocycles. The zero-order valence-corrected chi connectivity index (χ0v) is 17.5. The van der Waals surface area contributed by atoms with E-state index in [1.165, 1.54) is 24.3 Å². The van der Waals surface area contributed by atoms with Gasteiger partial charge >= 0.3 is 6.18 Å². The van der Waals surface area contributed by atoms with Crippen molar-refractivity contribution in [2.24, 2.45) is 0 Å². The number of carbonyl (C=O) groups excluding carboxylic acids is 1. The molecule has 31 heavy (non-hydrogen) atoms. The molecule has 5 nitrogen and oxygen atoms in total. The first-order valence-electron chi connectivity index (χ1n) is 9.43. The number of aromatic nitrogens is 2. The molecular formula is C21H17BrF4N4O. The summed E-state index contributed by atoms with van der Waals surface area (Å²) in [6, 6.07) is 11.9. The van der Waals surface area contributed by atoms with Gasteiger partial charge in [0.1, 0.15) is 11.6 Å². The van der Waals surface area contributed by atoms with Crippen molar-refractivity contribution >= 4 is 27.7 Å². The molecule has 1 amide bonds. The number of nitrogens with zero attached hydrogens (tertiary/aromatic N) is 2. The first kappa shape index (κ1) is 21.4. The van der Waals surface area contributed by atoms with Gasteiger partial charge in [-0.1, -0.05) is 42.5 Å². The molecule has 1 aliphatic heterocycles. The molecule has 0 unspecified atom stereocenters. The van der Waals surface area contributed by atoms with E-state index in [1.54, 1.807) is 30.3 Å². The van der Waals surface area contributed by atoms with E-state index in [0.717, 1.165) is 4.68 Å². The molecule has 162 valence electrons. The van der Waals surface area contributed by atoms with Gasteiger partial charge in [0.15, 0.2) is 11.7 Å². The van der Waals surface area contributed by atoms with E-state index in [0.29, 0.717) is 11.1 Å². The maximum absolute atomic E-state index is 13.8. The highest BCUT2D eigenvalue weighted by Gasteiger charge is 2.47. The van der Waals surface area contributed by atoms with Gasteiger partial charge in [-0.2, -0.15) is 18.3 Å². The van der Waals surface area contributed by atoms with E-state index in [-0.39, 0.29) is 29.0 Å². The minimum atomic E-state index is -4.54. The number of hydrogen-bond acceptors (Lipinski definition) is 3. The number of anilines is 1. The number of carbonyl (C=O) groups is 1. The van der Waals surface area contributed by atoms with Gasteiger partial charge < -0.3 is 10.6 Å². The van der Waals surface area contributed by atoms with Gasteiger partial charge in [0, 0.05) is 13.0 Å². The zero-order valence-electron chi connectivity index (χ0n) is 16.0. The standard InChI is InChI=1S/C21H17BrF4N4O/c22-17-18(20(31)27-11-12-6-8-14(23)9-7-12)29-30-16(21(24,25)26)10-15(28-19(17)30)13-4-2-1-3-5-13/h1-9,15-16,28H,10-11H2,(H,27,31)/t15-,16-/m0/s1. The Balaban J connectivity index is 1.62. The maximum atomic E-state index is 13.8. The fourth-order valence-electron chi connectivity index (χ4n) is 3.51. The van der Waals surface area contributed by atoms with Crippen LogP contribution in [0.5, 0.6) is 0 Å². The van der Waals surface area contributed by atoms with Gasteiger partial charge in [-0.3, -0.25) is 4.79 Å². The molecule has 4 rings (SSSR count). The summed E-state index contributed by atoms with van der Waals surface area (Å²) < 4.78 is 55.4. The summed E-state index contributed by atoms with van der Waals surface area (Å²) >= 11 is 3.24. The van der Waals surface area contributed by atoms with E-state index < -0.39 is 30.0 Å². The summed E-state index contributed by atoms with van der Waals surface area (Å²) in [7, 11) is 0. The highest BCUT2D eigenvalue weighted by atomic mass is 79.9. The zero-order chi connectivity index (χ0) is 22.2. The highest BCUT2D eigenvalue weighted by molar-refractivity contribution is 9.10. The Morgan fingerprint density at radius 1 is 1.16 bits per heavy atom. The summed E-state index contributed by atoms with van der Waals surface area (Å²) in [4.78, 5) is 12.6. The molecule has 10 heteroatoms. The molecule has 3 aromatic rings. The van der Waals surface area contributed by atoms with Crippen LogP contribution in [-0.4, -0.2) is 21.9 Å². The lowest BCUT2D eigenvalue weighted by molar-refractivity contribution is -0.173. The number of hydrogen-bond donors (Lipinski definition) is 2. The molecule has 0 bridgehead atoms. The van der Waals surface area contributed by atoms with Crippen LogP contribution in [0.15, 0.2) is 59.1 Å². The van der Waals surface area contributed by atoms with Crippen molar-refractivity contribution in [1.29, 1.82) is 0 Å². The normalized spacial score (nSPS) is 18.2. The Morgan fingerprint density at radius 2 is 1.84 bits per heavy atom. The van der Waals surface area contributed by atoms with Crippen molar-refractivity contribution in [1.82, 2.24) is 15.1 Å². The summed E-state index contributed by atoms with van der Waals surface area (Å²) in [5, 5.41) is 9.64. The number of halogens is 5. The molecule has 0 fully saturated rings. The van der Waals surface area contributed by atoms with Crippen molar-refractivity contribution in [3.8, 4) is 0 Å². The van der Waals surface area contributed by atoms with E-state index in [2.05, 4.69) is 31.7 Å². The lowest BCUT2D eigenvalue weighted by Crippen LogP contribution is -2.35. The number of amides is 1. The van der Waals surface area contributed by atoms with Gasteiger partial charge in [-0.05, 0) is 39.2 Å². The Labute approximate surface area is 183 Å². The quantitative estimate of drug-likeness (QED) is 0.477. The highest BCUT2D eigenvalue weighted by Crippen LogP contribution is 2.46. The molecule has 0 radical (unpaired) electrons. The fourth-order valence-corrected chi connectivity index (χ4v) is 4.06. The van der Waals surface area contributed by atoms with Gasteiger partial charge in [0.2, 0.25) is 0 Å². The van der Waals surface area contributed by atoms with Crippen molar-refractivity contribution in [3.63, 3.8) is 0 Å². The number of fused-ring (bicyclic) bond motifs is 1. The van der Waals surface area contributed by atoms with Crippen LogP contribution >= 0.6 is 15.9 Å². The van der Waals surface area contributed by atoms with Crippen LogP contribution in [0.25, 0.3) is 0 Å². The van der Waals surface area contributed by atoms with Gasteiger partial charge in [-0.15, -0.1) is 0 Å². The smallest absolute Gasteiger partial charge is 0.362 e. The van der Waals surface area contributed by atoms with Crippen molar-refractivity contribution in [3.05, 3.63) is 81.7 Å². The van der Waals surface area contributed by atoms with Crippen LogP contribution in [0.4, 0.5) is 23.4 Å². The van der Waals surface area contributed by atoms with Gasteiger partial charge in [0.05, 0.1) is 10.5 Å². The molecule has 2 aromatic carbocycles. The maximum Gasteiger partial charge on any atom is 0.410 e. The van der Waals surface area contributed by atoms with Crippen LogP contribution in [0.1, 0.15) is 40.1 Å². The molecule has 2 atom stereocenters. The average Bonchev–Trinajstić information content (AvgIpc) is 3.09.